The third-order valence-electron chi connectivity index (χ3n) is 4.51. The van der Waals surface area contributed by atoms with E-state index >= 15 is 0 Å². The molecule has 0 aromatic rings. The van der Waals surface area contributed by atoms with E-state index in [4.69, 9.17) is 16.6 Å². The Kier molecular flexibility index (Phi) is 13.6. The van der Waals surface area contributed by atoms with Crippen molar-refractivity contribution in [3.05, 3.63) is 0 Å². The molecule has 0 saturated carbocycles. The van der Waals surface area contributed by atoms with E-state index < -0.39 is 53.8 Å². The number of hydrogen-bond donors (Lipinski definition) is 7. The molecule has 4 unspecified atom stereocenters. The highest BCUT2D eigenvalue weighted by molar-refractivity contribution is 7.80. The fourth-order valence-corrected chi connectivity index (χ4v) is 3.13. The van der Waals surface area contributed by atoms with Gasteiger partial charge < -0.3 is 32.5 Å². The number of carbonyl (C=O) groups is 5. The van der Waals surface area contributed by atoms with Crippen LogP contribution in [0.3, 0.4) is 0 Å². The van der Waals surface area contributed by atoms with Gasteiger partial charge in [0.25, 0.3) is 0 Å². The summed E-state index contributed by atoms with van der Waals surface area (Å²) >= 11 is 3.89. The Morgan fingerprint density at radius 2 is 1.28 bits per heavy atom. The van der Waals surface area contributed by atoms with Gasteiger partial charge in [-0.3, -0.25) is 19.2 Å². The van der Waals surface area contributed by atoms with E-state index in [1.807, 2.05) is 27.7 Å². The van der Waals surface area contributed by atoms with Crippen LogP contribution in [0.4, 0.5) is 0 Å². The largest absolute Gasteiger partial charge is 0.480 e. The molecule has 184 valence electrons. The molecule has 0 spiro atoms. The van der Waals surface area contributed by atoms with Gasteiger partial charge in [0.2, 0.25) is 23.6 Å². The number of rotatable bonds is 15. The minimum Gasteiger partial charge on any atom is -0.480 e. The van der Waals surface area contributed by atoms with E-state index in [2.05, 4.69) is 28.6 Å². The second-order valence-electron chi connectivity index (χ2n) is 8.57. The molecule has 0 rings (SSSR count). The van der Waals surface area contributed by atoms with Gasteiger partial charge in [-0.2, -0.15) is 12.6 Å². The summed E-state index contributed by atoms with van der Waals surface area (Å²) in [4.78, 5) is 60.3. The van der Waals surface area contributed by atoms with Gasteiger partial charge in [0.05, 0.1) is 6.04 Å². The number of primary amides is 1. The number of nitrogens with two attached hydrogens (primary N) is 2. The average Bonchev–Trinajstić information content (AvgIpc) is 2.66. The van der Waals surface area contributed by atoms with Crippen LogP contribution in [0.5, 0.6) is 0 Å². The molecule has 4 amide bonds. The SMILES string of the molecule is CC(C)CC(N)C(=O)NC(CC(C)C)C(=O)NC(CCC(N)=O)C(=O)NC(CS)C(=O)O. The Balaban J connectivity index is 5.47. The van der Waals surface area contributed by atoms with Gasteiger partial charge in [-0.25, -0.2) is 4.79 Å². The number of thiol groups is 1. The number of carboxylic acid groups (broad SMARTS) is 1. The monoisotopic (exact) mass is 475 g/mol. The number of carbonyl (C=O) groups excluding carboxylic acids is 4. The normalized spacial score (nSPS) is 14.9. The van der Waals surface area contributed by atoms with Gasteiger partial charge in [-0.15, -0.1) is 0 Å². The first-order valence-electron chi connectivity index (χ1n) is 10.6. The molecule has 0 heterocycles. The molecule has 0 aromatic heterocycles. The van der Waals surface area contributed by atoms with E-state index in [1.54, 1.807) is 0 Å². The summed E-state index contributed by atoms with van der Waals surface area (Å²) in [5.74, 6) is -3.87. The van der Waals surface area contributed by atoms with Crippen LogP contribution in [0.15, 0.2) is 0 Å². The number of nitrogens with one attached hydrogen (secondary N) is 3. The number of aliphatic carboxylic acids is 1. The molecule has 32 heavy (non-hydrogen) atoms. The van der Waals surface area contributed by atoms with Gasteiger partial charge in [0, 0.05) is 12.2 Å². The lowest BCUT2D eigenvalue weighted by Gasteiger charge is -2.26. The third-order valence-corrected chi connectivity index (χ3v) is 4.88. The van der Waals surface area contributed by atoms with E-state index in [0.717, 1.165) is 0 Å². The highest BCUT2D eigenvalue weighted by Gasteiger charge is 2.30. The first kappa shape index (κ1) is 29.7. The fraction of sp³-hybridized carbons (Fsp3) is 0.750. The van der Waals surface area contributed by atoms with Gasteiger partial charge in [-0.1, -0.05) is 27.7 Å². The van der Waals surface area contributed by atoms with Crippen molar-refractivity contribution in [3.63, 3.8) is 0 Å². The van der Waals surface area contributed by atoms with Crippen LogP contribution in [-0.2, 0) is 24.0 Å². The molecule has 0 aliphatic rings. The summed E-state index contributed by atoms with van der Waals surface area (Å²) in [5, 5.41) is 16.5. The van der Waals surface area contributed by atoms with E-state index in [1.165, 1.54) is 0 Å². The predicted molar refractivity (Wildman–Crippen MR) is 123 cm³/mol. The van der Waals surface area contributed by atoms with Crippen LogP contribution in [0.2, 0.25) is 0 Å². The Morgan fingerprint density at radius 3 is 1.72 bits per heavy atom. The minimum atomic E-state index is -1.29. The maximum Gasteiger partial charge on any atom is 0.327 e. The minimum absolute atomic E-state index is 0.0332. The third kappa shape index (κ3) is 11.9. The quantitative estimate of drug-likeness (QED) is 0.150. The summed E-state index contributed by atoms with van der Waals surface area (Å²) < 4.78 is 0. The van der Waals surface area contributed by atoms with Crippen molar-refractivity contribution in [2.45, 2.75) is 77.5 Å². The molecular weight excluding hydrogens is 438 g/mol. The molecule has 12 heteroatoms. The molecular formula is C20H37N5O6S. The molecule has 0 aromatic carbocycles. The lowest BCUT2D eigenvalue weighted by molar-refractivity contribution is -0.141. The molecule has 11 nitrogen and oxygen atoms in total. The predicted octanol–water partition coefficient (Wildman–Crippen LogP) is -0.860. The van der Waals surface area contributed by atoms with E-state index in [0.29, 0.717) is 6.42 Å². The van der Waals surface area contributed by atoms with Gasteiger partial charge >= 0.3 is 5.97 Å². The van der Waals surface area contributed by atoms with Crippen molar-refractivity contribution in [3.8, 4) is 0 Å². The Bertz CT molecular complexity index is 673. The van der Waals surface area contributed by atoms with Crippen LogP contribution in [0.1, 0.15) is 53.4 Å². The van der Waals surface area contributed by atoms with E-state index in [-0.39, 0.29) is 36.9 Å². The smallest absolute Gasteiger partial charge is 0.327 e. The summed E-state index contributed by atoms with van der Waals surface area (Å²) in [5.41, 5.74) is 11.1. The van der Waals surface area contributed by atoms with Gasteiger partial charge in [0.1, 0.15) is 18.1 Å². The topological polar surface area (TPSA) is 194 Å². The molecule has 4 atom stereocenters. The fourth-order valence-electron chi connectivity index (χ4n) is 2.88. The van der Waals surface area contributed by atoms with Crippen LogP contribution in [-0.4, -0.2) is 64.6 Å². The Labute approximate surface area is 194 Å². The van der Waals surface area contributed by atoms with Crippen molar-refractivity contribution in [1.29, 1.82) is 0 Å². The van der Waals surface area contributed by atoms with E-state index in [9.17, 15) is 24.0 Å². The van der Waals surface area contributed by atoms with Crippen LogP contribution >= 0.6 is 12.6 Å². The molecule has 0 aliphatic heterocycles. The molecule has 0 bridgehead atoms. The number of carboxylic acids is 1. The van der Waals surface area contributed by atoms with Crippen molar-refractivity contribution in [1.82, 2.24) is 16.0 Å². The van der Waals surface area contributed by atoms with Crippen molar-refractivity contribution >= 4 is 42.2 Å². The number of amides is 4. The highest BCUT2D eigenvalue weighted by Crippen LogP contribution is 2.09. The van der Waals surface area contributed by atoms with Crippen molar-refractivity contribution in [2.24, 2.45) is 23.3 Å². The zero-order valence-corrected chi connectivity index (χ0v) is 20.0. The zero-order valence-electron chi connectivity index (χ0n) is 19.1. The lowest BCUT2D eigenvalue weighted by atomic mass is 10.00. The summed E-state index contributed by atoms with van der Waals surface area (Å²) in [6, 6.07) is -4.27. The first-order chi connectivity index (χ1) is 14.8. The molecule has 8 N–H and O–H groups in total. The Morgan fingerprint density at radius 1 is 0.812 bits per heavy atom. The van der Waals surface area contributed by atoms with Crippen molar-refractivity contribution < 1.29 is 29.1 Å². The summed E-state index contributed by atoms with van der Waals surface area (Å²) in [6.07, 6.45) is 0.370. The summed E-state index contributed by atoms with van der Waals surface area (Å²) in [6.45, 7) is 7.56. The second kappa shape index (κ2) is 14.7. The first-order valence-corrected chi connectivity index (χ1v) is 11.2. The summed E-state index contributed by atoms with van der Waals surface area (Å²) in [7, 11) is 0. The maximum absolute atomic E-state index is 12.9. The molecule has 0 radical (unpaired) electrons. The maximum atomic E-state index is 12.9. The van der Waals surface area contributed by atoms with Crippen LogP contribution in [0, 0.1) is 11.8 Å². The number of hydrogen-bond acceptors (Lipinski definition) is 7. The Hall–Kier alpha value is -2.34. The standard InChI is InChI=1S/C20H37N5O6S/c1-10(2)7-12(21)17(27)24-14(8-11(3)4)19(29)23-13(5-6-16(22)26)18(28)25-15(9-32)20(30)31/h10-15,32H,5-9,21H2,1-4H3,(H2,22,26)(H,23,29)(H,24,27)(H,25,28)(H,30,31). The van der Waals surface area contributed by atoms with Crippen molar-refractivity contribution in [2.75, 3.05) is 5.75 Å². The van der Waals surface area contributed by atoms with Gasteiger partial charge in [0.15, 0.2) is 0 Å². The molecule has 0 saturated heterocycles. The van der Waals surface area contributed by atoms with Crippen LogP contribution < -0.4 is 27.4 Å². The zero-order chi connectivity index (χ0) is 25.0. The van der Waals surface area contributed by atoms with Crippen LogP contribution in [0.25, 0.3) is 0 Å². The molecule has 0 fully saturated rings. The highest BCUT2D eigenvalue weighted by atomic mass is 32.1. The molecule has 0 aliphatic carbocycles. The lowest BCUT2D eigenvalue weighted by Crippen LogP contribution is -2.57. The average molecular weight is 476 g/mol. The second-order valence-corrected chi connectivity index (χ2v) is 8.94. The van der Waals surface area contributed by atoms with Gasteiger partial charge in [-0.05, 0) is 31.1 Å².